The molecular weight excluding hydrogens is 332 g/mol. The van der Waals surface area contributed by atoms with Crippen molar-refractivity contribution in [2.45, 2.75) is 6.42 Å². The molecule has 0 atom stereocenters. The zero-order valence-corrected chi connectivity index (χ0v) is 14.3. The van der Waals surface area contributed by atoms with Crippen molar-refractivity contribution in [3.8, 4) is 0 Å². The average Bonchev–Trinajstić information content (AvgIpc) is 2.68. The van der Waals surface area contributed by atoms with Crippen molar-refractivity contribution in [1.29, 1.82) is 0 Å². The first kappa shape index (κ1) is 17.7. The number of rotatable bonds is 4. The molecule has 0 aliphatic carbocycles. The first-order valence-corrected chi connectivity index (χ1v) is 8.49. The maximum atomic E-state index is 12.5. The Labute approximate surface area is 151 Å². The van der Waals surface area contributed by atoms with Crippen LogP contribution in [0.2, 0.25) is 0 Å². The summed E-state index contributed by atoms with van der Waals surface area (Å²) in [6, 6.07) is 15.6. The minimum atomic E-state index is -1.04. The third-order valence-corrected chi connectivity index (χ3v) is 4.53. The largest absolute Gasteiger partial charge is 0.478 e. The minimum Gasteiger partial charge on any atom is -0.478 e. The van der Waals surface area contributed by atoms with Crippen LogP contribution in [0.5, 0.6) is 0 Å². The molecule has 1 heterocycles. The van der Waals surface area contributed by atoms with Gasteiger partial charge < -0.3 is 14.9 Å². The van der Waals surface area contributed by atoms with Crippen molar-refractivity contribution in [2.24, 2.45) is 0 Å². The molecular formula is C20H20N2O4. The van der Waals surface area contributed by atoms with Gasteiger partial charge in [-0.2, -0.15) is 0 Å². The number of carboxylic acid groups (broad SMARTS) is 1. The number of aromatic carboxylic acids is 1. The summed E-state index contributed by atoms with van der Waals surface area (Å²) < 4.78 is 0. The summed E-state index contributed by atoms with van der Waals surface area (Å²) in [7, 11) is 0. The molecule has 6 nitrogen and oxygen atoms in total. The van der Waals surface area contributed by atoms with Crippen molar-refractivity contribution in [3.05, 3.63) is 71.3 Å². The van der Waals surface area contributed by atoms with E-state index in [9.17, 15) is 19.5 Å². The molecule has 2 amide bonds. The lowest BCUT2D eigenvalue weighted by Crippen LogP contribution is -2.51. The highest BCUT2D eigenvalue weighted by Gasteiger charge is 2.25. The fraction of sp³-hybridized carbons (Fsp3) is 0.250. The van der Waals surface area contributed by atoms with Crippen molar-refractivity contribution in [3.63, 3.8) is 0 Å². The van der Waals surface area contributed by atoms with Gasteiger partial charge in [0, 0.05) is 31.7 Å². The van der Waals surface area contributed by atoms with Gasteiger partial charge >= 0.3 is 5.97 Å². The normalized spacial score (nSPS) is 14.2. The van der Waals surface area contributed by atoms with Crippen LogP contribution < -0.4 is 0 Å². The minimum absolute atomic E-state index is 0.0334. The number of benzene rings is 2. The molecule has 2 aromatic carbocycles. The Hall–Kier alpha value is -3.15. The molecule has 2 aromatic rings. The van der Waals surface area contributed by atoms with Gasteiger partial charge in [0.2, 0.25) is 5.91 Å². The molecule has 26 heavy (non-hydrogen) atoms. The number of hydrogen-bond acceptors (Lipinski definition) is 3. The predicted octanol–water partition coefficient (Wildman–Crippen LogP) is 1.91. The van der Waals surface area contributed by atoms with Crippen LogP contribution in [0.15, 0.2) is 54.6 Å². The van der Waals surface area contributed by atoms with E-state index in [2.05, 4.69) is 0 Å². The van der Waals surface area contributed by atoms with Crippen LogP contribution in [-0.2, 0) is 11.2 Å². The highest BCUT2D eigenvalue weighted by molar-refractivity contribution is 5.94. The second-order valence-corrected chi connectivity index (χ2v) is 6.18. The summed E-state index contributed by atoms with van der Waals surface area (Å²) in [5.74, 6) is -1.19. The third-order valence-electron chi connectivity index (χ3n) is 4.53. The Bertz CT molecular complexity index is 812. The van der Waals surface area contributed by atoms with Crippen LogP contribution >= 0.6 is 0 Å². The molecule has 0 unspecified atom stereocenters. The van der Waals surface area contributed by atoms with E-state index in [1.807, 2.05) is 18.2 Å². The first-order chi connectivity index (χ1) is 12.6. The van der Waals surface area contributed by atoms with Crippen LogP contribution in [-0.4, -0.2) is 58.9 Å². The summed E-state index contributed by atoms with van der Waals surface area (Å²) in [4.78, 5) is 39.7. The molecule has 1 saturated heterocycles. The first-order valence-electron chi connectivity index (χ1n) is 8.49. The number of carboxylic acids is 1. The summed E-state index contributed by atoms with van der Waals surface area (Å²) in [6.45, 7) is 1.85. The summed E-state index contributed by atoms with van der Waals surface area (Å²) in [5, 5.41) is 9.22. The van der Waals surface area contributed by atoms with Gasteiger partial charge in [-0.25, -0.2) is 4.79 Å². The van der Waals surface area contributed by atoms with E-state index in [4.69, 9.17) is 0 Å². The SMILES string of the molecule is O=C(O)c1ccccc1CC(=O)N1CCN(C(=O)c2ccccc2)CC1. The highest BCUT2D eigenvalue weighted by atomic mass is 16.4. The number of hydrogen-bond donors (Lipinski definition) is 1. The Kier molecular flexibility index (Phi) is 5.31. The van der Waals surface area contributed by atoms with E-state index in [1.165, 1.54) is 6.07 Å². The molecule has 1 aliphatic rings. The lowest BCUT2D eigenvalue weighted by Gasteiger charge is -2.35. The molecule has 0 aromatic heterocycles. The number of carbonyl (C=O) groups is 3. The van der Waals surface area contributed by atoms with Crippen LogP contribution in [0, 0.1) is 0 Å². The van der Waals surface area contributed by atoms with E-state index in [-0.39, 0.29) is 23.8 Å². The molecule has 0 bridgehead atoms. The van der Waals surface area contributed by atoms with Gasteiger partial charge in [-0.1, -0.05) is 36.4 Å². The highest BCUT2D eigenvalue weighted by Crippen LogP contribution is 2.13. The maximum absolute atomic E-state index is 12.5. The Balaban J connectivity index is 1.59. The fourth-order valence-electron chi connectivity index (χ4n) is 3.08. The number of amides is 2. The maximum Gasteiger partial charge on any atom is 0.335 e. The fourth-order valence-corrected chi connectivity index (χ4v) is 3.08. The van der Waals surface area contributed by atoms with Crippen LogP contribution in [0.3, 0.4) is 0 Å². The average molecular weight is 352 g/mol. The molecule has 1 fully saturated rings. The Morgan fingerprint density at radius 2 is 1.38 bits per heavy atom. The second-order valence-electron chi connectivity index (χ2n) is 6.18. The molecule has 1 aliphatic heterocycles. The molecule has 134 valence electrons. The monoisotopic (exact) mass is 352 g/mol. The van der Waals surface area contributed by atoms with E-state index >= 15 is 0 Å². The summed E-state index contributed by atoms with van der Waals surface area (Å²) >= 11 is 0. The molecule has 3 rings (SSSR count). The van der Waals surface area contributed by atoms with Gasteiger partial charge in [0.15, 0.2) is 0 Å². The van der Waals surface area contributed by atoms with Gasteiger partial charge in [0.25, 0.3) is 5.91 Å². The topological polar surface area (TPSA) is 77.9 Å². The lowest BCUT2D eigenvalue weighted by atomic mass is 10.0. The summed E-state index contributed by atoms with van der Waals surface area (Å²) in [5.41, 5.74) is 1.30. The molecule has 0 spiro atoms. The number of piperazine rings is 1. The van der Waals surface area contributed by atoms with Gasteiger partial charge in [-0.15, -0.1) is 0 Å². The van der Waals surface area contributed by atoms with Crippen LogP contribution in [0.1, 0.15) is 26.3 Å². The third kappa shape index (κ3) is 3.91. The second kappa shape index (κ2) is 7.82. The van der Waals surface area contributed by atoms with E-state index in [1.54, 1.807) is 40.1 Å². The zero-order valence-electron chi connectivity index (χ0n) is 14.3. The lowest BCUT2D eigenvalue weighted by molar-refractivity contribution is -0.131. The van der Waals surface area contributed by atoms with Crippen molar-refractivity contribution in [1.82, 2.24) is 9.80 Å². The van der Waals surface area contributed by atoms with Gasteiger partial charge in [0.1, 0.15) is 0 Å². The standard InChI is InChI=1S/C20H20N2O4/c23-18(14-16-8-4-5-9-17(16)20(25)26)21-10-12-22(13-11-21)19(24)15-6-2-1-3-7-15/h1-9H,10-14H2,(H,25,26). The van der Waals surface area contributed by atoms with Crippen LogP contribution in [0.25, 0.3) is 0 Å². The molecule has 0 saturated carbocycles. The molecule has 1 N–H and O–H groups in total. The smallest absolute Gasteiger partial charge is 0.335 e. The summed E-state index contributed by atoms with van der Waals surface area (Å²) in [6.07, 6.45) is 0.0507. The molecule has 0 radical (unpaired) electrons. The van der Waals surface area contributed by atoms with Crippen molar-refractivity contribution in [2.75, 3.05) is 26.2 Å². The van der Waals surface area contributed by atoms with Crippen molar-refractivity contribution >= 4 is 17.8 Å². The quantitative estimate of drug-likeness (QED) is 0.912. The number of nitrogens with zero attached hydrogens (tertiary/aromatic N) is 2. The predicted molar refractivity (Wildman–Crippen MR) is 96.0 cm³/mol. The Morgan fingerprint density at radius 1 is 0.808 bits per heavy atom. The zero-order chi connectivity index (χ0) is 18.5. The van der Waals surface area contributed by atoms with Gasteiger partial charge in [0.05, 0.1) is 12.0 Å². The van der Waals surface area contributed by atoms with Crippen molar-refractivity contribution < 1.29 is 19.5 Å². The van der Waals surface area contributed by atoms with E-state index in [0.29, 0.717) is 37.3 Å². The van der Waals surface area contributed by atoms with Gasteiger partial charge in [-0.05, 0) is 23.8 Å². The Morgan fingerprint density at radius 3 is 2.04 bits per heavy atom. The van der Waals surface area contributed by atoms with Gasteiger partial charge in [-0.3, -0.25) is 9.59 Å². The van der Waals surface area contributed by atoms with E-state index < -0.39 is 5.97 Å². The van der Waals surface area contributed by atoms with Crippen LogP contribution in [0.4, 0.5) is 0 Å². The molecule has 6 heteroatoms. The van der Waals surface area contributed by atoms with E-state index in [0.717, 1.165) is 0 Å². The number of carbonyl (C=O) groups excluding carboxylic acids is 2.